The van der Waals surface area contributed by atoms with Crippen LogP contribution in [-0.2, 0) is 0 Å². The van der Waals surface area contributed by atoms with Crippen LogP contribution < -0.4 is 5.32 Å². The van der Waals surface area contributed by atoms with E-state index in [9.17, 15) is 15.0 Å². The molecule has 0 saturated carbocycles. The molecule has 0 aromatic heterocycles. The zero-order valence-corrected chi connectivity index (χ0v) is 12.5. The van der Waals surface area contributed by atoms with E-state index in [-0.39, 0.29) is 24.3 Å². The summed E-state index contributed by atoms with van der Waals surface area (Å²) >= 11 is 0. The summed E-state index contributed by atoms with van der Waals surface area (Å²) in [5.41, 5.74) is 1.17. The predicted molar refractivity (Wildman–Crippen MR) is 91.1 cm³/mol. The molecule has 4 nitrogen and oxygen atoms in total. The van der Waals surface area contributed by atoms with E-state index in [0.29, 0.717) is 5.56 Å². The fourth-order valence-corrected chi connectivity index (χ4v) is 2.53. The van der Waals surface area contributed by atoms with E-state index in [4.69, 9.17) is 8.22 Å². The summed E-state index contributed by atoms with van der Waals surface area (Å²) in [6.07, 6.45) is 0.253. The number of benzene rings is 2. The van der Waals surface area contributed by atoms with E-state index in [1.165, 1.54) is 18.2 Å². The van der Waals surface area contributed by atoms with Crippen LogP contribution >= 0.6 is 0 Å². The molecule has 0 radical (unpaired) electrons. The third-order valence-corrected chi connectivity index (χ3v) is 3.63. The zero-order valence-electron chi connectivity index (χ0n) is 18.5. The number of carboxylic acids is 1. The minimum atomic E-state index is -2.71. The molecular weight excluding hydrogens is 290 g/mol. The number of hydrogen-bond donors (Lipinski definition) is 3. The predicted octanol–water partition coefficient (Wildman–Crippen LogP) is 3.61. The van der Waals surface area contributed by atoms with Gasteiger partial charge in [-0.1, -0.05) is 44.0 Å². The number of phenols is 1. The first kappa shape index (κ1) is 10.4. The first-order valence-electron chi connectivity index (χ1n) is 10.3. The van der Waals surface area contributed by atoms with Crippen molar-refractivity contribution in [2.24, 2.45) is 0 Å². The summed E-state index contributed by atoms with van der Waals surface area (Å²) in [5, 5.41) is 22.2. The lowest BCUT2D eigenvalue weighted by atomic mass is 9.87. The quantitative estimate of drug-likeness (QED) is 0.729. The molecule has 1 atom stereocenters. The van der Waals surface area contributed by atoms with Gasteiger partial charge >= 0.3 is 5.97 Å². The molecule has 0 amide bonds. The van der Waals surface area contributed by atoms with Crippen LogP contribution in [0.15, 0.2) is 48.5 Å². The Morgan fingerprint density at radius 1 is 1.22 bits per heavy atom. The summed E-state index contributed by atoms with van der Waals surface area (Å²) in [4.78, 5) is 11.3. The van der Waals surface area contributed by atoms with Crippen LogP contribution in [0.4, 0.5) is 0 Å². The van der Waals surface area contributed by atoms with E-state index in [1.54, 1.807) is 12.1 Å². The molecule has 0 aliphatic carbocycles. The van der Waals surface area contributed by atoms with Gasteiger partial charge in [-0.15, -0.1) is 0 Å². The van der Waals surface area contributed by atoms with Gasteiger partial charge in [-0.25, -0.2) is 4.79 Å². The van der Waals surface area contributed by atoms with Gasteiger partial charge in [-0.3, -0.25) is 0 Å². The molecule has 2 aromatic carbocycles. The van der Waals surface area contributed by atoms with Crippen molar-refractivity contribution in [3.63, 3.8) is 0 Å². The molecule has 4 heteroatoms. The molecule has 2 aromatic rings. The maximum atomic E-state index is 11.3. The van der Waals surface area contributed by atoms with Crippen molar-refractivity contribution in [3.8, 4) is 5.75 Å². The lowest BCUT2D eigenvalue weighted by Crippen LogP contribution is -2.25. The van der Waals surface area contributed by atoms with Crippen molar-refractivity contribution < 1.29 is 23.2 Å². The second-order valence-electron chi connectivity index (χ2n) is 5.22. The number of phenolic OH excluding ortho intramolecular Hbond substituents is 1. The summed E-state index contributed by atoms with van der Waals surface area (Å²) < 4.78 is 44.8. The Hall–Kier alpha value is -2.33. The maximum absolute atomic E-state index is 11.3. The van der Waals surface area contributed by atoms with Crippen molar-refractivity contribution in [1.29, 1.82) is 0 Å². The van der Waals surface area contributed by atoms with Gasteiger partial charge < -0.3 is 15.5 Å². The van der Waals surface area contributed by atoms with Gasteiger partial charge in [0.15, 0.2) is 0 Å². The fraction of sp³-hybridized carbons (Fsp3) is 0.316. The number of aromatic carboxylic acids is 1. The van der Waals surface area contributed by atoms with Gasteiger partial charge in [0.05, 0.1) is 5.56 Å². The molecule has 0 aliphatic heterocycles. The molecule has 2 rings (SSSR count). The first-order valence-corrected chi connectivity index (χ1v) is 7.26. The van der Waals surface area contributed by atoms with Crippen LogP contribution in [0.2, 0.25) is 0 Å². The Morgan fingerprint density at radius 2 is 1.96 bits per heavy atom. The van der Waals surface area contributed by atoms with Crippen LogP contribution in [-0.4, -0.2) is 28.8 Å². The monoisotopic (exact) mass is 319 g/mol. The Morgan fingerprint density at radius 3 is 2.61 bits per heavy atom. The van der Waals surface area contributed by atoms with Crippen molar-refractivity contribution in [3.05, 3.63) is 65.2 Å². The van der Waals surface area contributed by atoms with Gasteiger partial charge in [0, 0.05) is 25.7 Å². The minimum Gasteiger partial charge on any atom is -0.508 e. The van der Waals surface area contributed by atoms with Gasteiger partial charge in [0.2, 0.25) is 0 Å². The van der Waals surface area contributed by atoms with E-state index in [0.717, 1.165) is 5.56 Å². The fourth-order valence-electron chi connectivity index (χ4n) is 2.53. The molecule has 122 valence electrons. The molecule has 3 N–H and O–H groups in total. The number of nitrogens with one attached hydrogen (secondary N) is 1. The third-order valence-electron chi connectivity index (χ3n) is 3.63. The highest BCUT2D eigenvalue weighted by Gasteiger charge is 2.19. The highest BCUT2D eigenvalue weighted by atomic mass is 16.4. The topological polar surface area (TPSA) is 69.6 Å². The van der Waals surface area contributed by atoms with Crippen LogP contribution in [0, 0.1) is 0 Å². The van der Waals surface area contributed by atoms with Crippen LogP contribution in [0.3, 0.4) is 0 Å². The molecule has 0 bridgehead atoms. The van der Waals surface area contributed by atoms with Crippen molar-refractivity contribution in [2.75, 3.05) is 6.54 Å². The molecule has 0 spiro atoms. The number of carboxylic acid groups (broad SMARTS) is 1. The van der Waals surface area contributed by atoms with Gasteiger partial charge in [-0.2, -0.15) is 0 Å². The van der Waals surface area contributed by atoms with E-state index in [2.05, 4.69) is 5.32 Å². The zero-order chi connectivity index (χ0) is 21.8. The van der Waals surface area contributed by atoms with Crippen LogP contribution in [0.5, 0.6) is 5.75 Å². The number of rotatable bonds is 7. The Balaban J connectivity index is 2.32. The largest absolute Gasteiger partial charge is 0.508 e. The van der Waals surface area contributed by atoms with Gasteiger partial charge in [-0.05, 0) is 36.7 Å². The highest BCUT2D eigenvalue weighted by Crippen LogP contribution is 2.34. The molecular formula is C19H23NO3. The Bertz CT molecular complexity index is 822. The van der Waals surface area contributed by atoms with E-state index >= 15 is 0 Å². The Labute approximate surface area is 145 Å². The lowest BCUT2D eigenvalue weighted by Gasteiger charge is -2.20. The van der Waals surface area contributed by atoms with Crippen LogP contribution in [0.25, 0.3) is 0 Å². The number of aromatic hydroxyl groups is 1. The smallest absolute Gasteiger partial charge is 0.335 e. The lowest BCUT2D eigenvalue weighted by molar-refractivity contribution is 0.0696. The van der Waals surface area contributed by atoms with E-state index < -0.39 is 31.6 Å². The van der Waals surface area contributed by atoms with Gasteiger partial charge in [0.1, 0.15) is 5.75 Å². The molecule has 0 heterocycles. The van der Waals surface area contributed by atoms with Gasteiger partial charge in [0.25, 0.3) is 0 Å². The molecule has 0 fully saturated rings. The standard InChI is InChI=1S/C19H23NO3/c1-13(2)20-11-10-16(14-6-4-3-5-7-14)17-12-15(19(22)23)8-9-18(17)21/h3-9,12-13,16,20-21H,10-11H2,1-2H3,(H,22,23)/i1D3,2D3. The minimum absolute atomic E-state index is 0.00884. The second-order valence-corrected chi connectivity index (χ2v) is 5.22. The molecule has 0 aliphatic rings. The Kier molecular flexibility index (Phi) is 3.54. The summed E-state index contributed by atoms with van der Waals surface area (Å²) in [6, 6.07) is 11.3. The average Bonchev–Trinajstić information content (AvgIpc) is 2.61. The van der Waals surface area contributed by atoms with Crippen molar-refractivity contribution in [2.45, 2.75) is 32.1 Å². The molecule has 23 heavy (non-hydrogen) atoms. The molecule has 0 saturated heterocycles. The summed E-state index contributed by atoms with van der Waals surface area (Å²) in [5.74, 6) is -1.69. The average molecular weight is 319 g/mol. The van der Waals surface area contributed by atoms with Crippen molar-refractivity contribution in [1.82, 2.24) is 5.32 Å². The summed E-state index contributed by atoms with van der Waals surface area (Å²) in [7, 11) is 0. The number of hydrogen-bond acceptors (Lipinski definition) is 3. The summed E-state index contributed by atoms with van der Waals surface area (Å²) in [6.45, 7) is -5.38. The maximum Gasteiger partial charge on any atom is 0.335 e. The third kappa shape index (κ3) is 4.57. The normalized spacial score (nSPS) is 17.3. The first-order chi connectivity index (χ1) is 13.4. The SMILES string of the molecule is [2H]C([2H])([2H])C(NCCC(c1ccccc1)c1cc(C(=O)O)ccc1O)C([2H])([2H])[2H]. The second kappa shape index (κ2) is 7.79. The van der Waals surface area contributed by atoms with Crippen LogP contribution in [0.1, 0.15) is 55.8 Å². The number of carbonyl (C=O) groups is 1. The highest BCUT2D eigenvalue weighted by molar-refractivity contribution is 5.88. The van der Waals surface area contributed by atoms with E-state index in [1.807, 2.05) is 18.2 Å². The molecule has 1 unspecified atom stereocenters. The van der Waals surface area contributed by atoms with Crippen molar-refractivity contribution >= 4 is 5.97 Å².